The number of ether oxygens (including phenoxy) is 2. The number of aromatic nitrogens is 1. The molecule has 0 atom stereocenters. The van der Waals surface area contributed by atoms with Gasteiger partial charge in [0.1, 0.15) is 5.02 Å². The Morgan fingerprint density at radius 3 is 2.57 bits per heavy atom. The fraction of sp³-hybridized carbons (Fsp3) is 0.200. The Morgan fingerprint density at radius 2 is 1.96 bits per heavy atom. The maximum atomic E-state index is 12.4. The lowest BCUT2D eigenvalue weighted by Crippen LogP contribution is -2.13. The summed E-state index contributed by atoms with van der Waals surface area (Å²) in [6.45, 7) is 0. The molecule has 23 heavy (non-hydrogen) atoms. The van der Waals surface area contributed by atoms with Crippen molar-refractivity contribution in [1.82, 2.24) is 4.98 Å². The molecule has 0 saturated heterocycles. The Morgan fingerprint density at radius 1 is 1.26 bits per heavy atom. The highest BCUT2D eigenvalue weighted by Gasteiger charge is 2.21. The molecule has 1 heterocycles. The van der Waals surface area contributed by atoms with Crippen LogP contribution in [0.1, 0.15) is 15.9 Å². The number of carbonyl (C=O) groups excluding carboxylic acids is 1. The van der Waals surface area contributed by atoms with Crippen molar-refractivity contribution in [3.63, 3.8) is 0 Å². The van der Waals surface area contributed by atoms with E-state index in [1.807, 2.05) is 0 Å². The fourth-order valence-corrected chi connectivity index (χ4v) is 2.56. The Labute approximate surface area is 141 Å². The second-order valence-corrected chi connectivity index (χ2v) is 5.34. The molecule has 1 aromatic carbocycles. The van der Waals surface area contributed by atoms with Gasteiger partial charge in [0, 0.05) is 18.2 Å². The summed E-state index contributed by atoms with van der Waals surface area (Å²) in [4.78, 5) is 26.3. The van der Waals surface area contributed by atoms with Gasteiger partial charge in [0.25, 0.3) is 5.56 Å². The third-order valence-corrected chi connectivity index (χ3v) is 3.98. The number of halogens is 2. The molecule has 6 nitrogen and oxygen atoms in total. The van der Waals surface area contributed by atoms with Crippen LogP contribution < -0.4 is 15.0 Å². The number of carbonyl (C=O) groups is 1. The van der Waals surface area contributed by atoms with Gasteiger partial charge in [0.2, 0.25) is 5.75 Å². The fourth-order valence-electron chi connectivity index (χ4n) is 2.07. The van der Waals surface area contributed by atoms with Crippen LogP contribution in [0.3, 0.4) is 0 Å². The number of H-pyrrole nitrogens is 1. The number of methoxy groups -OCH3 is 2. The number of phenols is 1. The molecule has 122 valence electrons. The van der Waals surface area contributed by atoms with E-state index in [0.29, 0.717) is 0 Å². The molecule has 0 aliphatic heterocycles. The first kappa shape index (κ1) is 17.2. The van der Waals surface area contributed by atoms with Gasteiger partial charge in [-0.05, 0) is 12.1 Å². The van der Waals surface area contributed by atoms with Crippen LogP contribution in [0.5, 0.6) is 17.2 Å². The Hall–Kier alpha value is -2.18. The maximum absolute atomic E-state index is 12.4. The number of aromatic hydroxyl groups is 1. The van der Waals surface area contributed by atoms with Gasteiger partial charge >= 0.3 is 0 Å². The van der Waals surface area contributed by atoms with E-state index in [9.17, 15) is 14.7 Å². The van der Waals surface area contributed by atoms with Crippen molar-refractivity contribution in [3.05, 3.63) is 49.9 Å². The largest absolute Gasteiger partial charge is 0.504 e. The van der Waals surface area contributed by atoms with Gasteiger partial charge in [0.15, 0.2) is 17.3 Å². The number of rotatable bonds is 5. The number of hydrogen-bond donors (Lipinski definition) is 2. The van der Waals surface area contributed by atoms with Gasteiger partial charge in [-0.15, -0.1) is 0 Å². The molecule has 2 N–H and O–H groups in total. The molecule has 0 amide bonds. The molecule has 0 aliphatic rings. The highest BCUT2D eigenvalue weighted by molar-refractivity contribution is 6.36. The zero-order valence-electron chi connectivity index (χ0n) is 12.3. The number of ketones is 1. The van der Waals surface area contributed by atoms with Crippen molar-refractivity contribution < 1.29 is 19.4 Å². The smallest absolute Gasteiger partial charge is 0.267 e. The van der Waals surface area contributed by atoms with E-state index in [4.69, 9.17) is 32.7 Å². The lowest BCUT2D eigenvalue weighted by atomic mass is 10.0. The molecule has 8 heteroatoms. The number of hydrogen-bond acceptors (Lipinski definition) is 5. The summed E-state index contributed by atoms with van der Waals surface area (Å²) in [7, 11) is 2.75. The molecule has 0 aliphatic carbocycles. The van der Waals surface area contributed by atoms with Gasteiger partial charge in [0.05, 0.1) is 24.8 Å². The standard InChI is InChI=1S/C15H13Cl2NO5/c1-22-11-4-3-7(13(20)14(11)23-2)10(19)5-8-9(16)6-18-15(21)12(8)17/h3-4,6,20H,5H2,1-2H3,(H,18,21). The molecule has 0 radical (unpaired) electrons. The number of aromatic amines is 1. The van der Waals surface area contributed by atoms with Gasteiger partial charge < -0.3 is 19.6 Å². The van der Waals surface area contributed by atoms with E-state index in [2.05, 4.69) is 4.98 Å². The van der Waals surface area contributed by atoms with Crippen LogP contribution in [0.2, 0.25) is 10.0 Å². The van der Waals surface area contributed by atoms with Crippen LogP contribution in [-0.2, 0) is 6.42 Å². The van der Waals surface area contributed by atoms with Crippen LogP contribution in [0.25, 0.3) is 0 Å². The SMILES string of the molecule is COc1ccc(C(=O)Cc2c(Cl)c[nH]c(=O)c2Cl)c(O)c1OC. The summed E-state index contributed by atoms with van der Waals surface area (Å²) in [6.07, 6.45) is 1.01. The highest BCUT2D eigenvalue weighted by Crippen LogP contribution is 2.39. The first-order valence-electron chi connectivity index (χ1n) is 6.43. The second kappa shape index (κ2) is 6.93. The van der Waals surface area contributed by atoms with E-state index in [1.165, 1.54) is 32.5 Å². The summed E-state index contributed by atoms with van der Waals surface area (Å²) in [5.74, 6) is -0.498. The molecule has 1 aromatic heterocycles. The quantitative estimate of drug-likeness (QED) is 0.803. The average molecular weight is 358 g/mol. The minimum absolute atomic E-state index is 0.00932. The van der Waals surface area contributed by atoms with E-state index in [1.54, 1.807) is 0 Å². The van der Waals surface area contributed by atoms with Crippen LogP contribution in [0.4, 0.5) is 0 Å². The average Bonchev–Trinajstić information content (AvgIpc) is 2.54. The summed E-state index contributed by atoms with van der Waals surface area (Å²) in [5, 5.41) is 10.2. The van der Waals surface area contributed by atoms with Crippen molar-refractivity contribution in [2.24, 2.45) is 0 Å². The summed E-state index contributed by atoms with van der Waals surface area (Å²) < 4.78 is 10.1. The Balaban J connectivity index is 2.43. The minimum atomic E-state index is -0.546. The second-order valence-electron chi connectivity index (χ2n) is 4.56. The molecule has 2 aromatic rings. The lowest BCUT2D eigenvalue weighted by Gasteiger charge is -2.12. The number of pyridine rings is 1. The topological polar surface area (TPSA) is 88.6 Å². The van der Waals surface area contributed by atoms with E-state index < -0.39 is 11.3 Å². The minimum Gasteiger partial charge on any atom is -0.504 e. The van der Waals surface area contributed by atoms with Gasteiger partial charge in [-0.3, -0.25) is 9.59 Å². The zero-order chi connectivity index (χ0) is 17.1. The van der Waals surface area contributed by atoms with Crippen molar-refractivity contribution in [2.75, 3.05) is 14.2 Å². The molecule has 0 spiro atoms. The number of nitrogens with one attached hydrogen (secondary N) is 1. The molecule has 0 bridgehead atoms. The summed E-state index contributed by atoms with van der Waals surface area (Å²) >= 11 is 11.9. The monoisotopic (exact) mass is 357 g/mol. The first-order valence-corrected chi connectivity index (χ1v) is 7.19. The van der Waals surface area contributed by atoms with Gasteiger partial charge in [-0.1, -0.05) is 23.2 Å². The molecular formula is C15H13Cl2NO5. The van der Waals surface area contributed by atoms with Gasteiger partial charge in [-0.25, -0.2) is 0 Å². The van der Waals surface area contributed by atoms with Crippen molar-refractivity contribution in [1.29, 1.82) is 0 Å². The maximum Gasteiger partial charge on any atom is 0.267 e. The van der Waals surface area contributed by atoms with E-state index >= 15 is 0 Å². The summed E-state index contributed by atoms with van der Waals surface area (Å²) in [6, 6.07) is 2.89. The number of Topliss-reactive ketones (excluding diaryl/α,β-unsaturated/α-hetero) is 1. The summed E-state index contributed by atoms with van der Waals surface area (Å²) in [5.41, 5.74) is -0.346. The predicted molar refractivity (Wildman–Crippen MR) is 86.3 cm³/mol. The molecule has 0 saturated carbocycles. The number of benzene rings is 1. The van der Waals surface area contributed by atoms with Crippen LogP contribution in [0, 0.1) is 0 Å². The molecular weight excluding hydrogens is 345 g/mol. The normalized spacial score (nSPS) is 10.4. The zero-order valence-corrected chi connectivity index (χ0v) is 13.8. The molecule has 0 unspecified atom stereocenters. The Kier molecular flexibility index (Phi) is 5.18. The first-order chi connectivity index (χ1) is 10.9. The van der Waals surface area contributed by atoms with E-state index in [-0.39, 0.29) is 44.8 Å². The third kappa shape index (κ3) is 3.28. The third-order valence-electron chi connectivity index (χ3n) is 3.24. The van der Waals surface area contributed by atoms with Crippen molar-refractivity contribution >= 4 is 29.0 Å². The van der Waals surface area contributed by atoms with Crippen LogP contribution >= 0.6 is 23.2 Å². The van der Waals surface area contributed by atoms with Crippen LogP contribution in [-0.4, -0.2) is 30.1 Å². The van der Waals surface area contributed by atoms with Crippen LogP contribution in [0.15, 0.2) is 23.1 Å². The van der Waals surface area contributed by atoms with E-state index in [0.717, 1.165) is 0 Å². The molecule has 0 fully saturated rings. The molecule has 2 rings (SSSR count). The highest BCUT2D eigenvalue weighted by atomic mass is 35.5. The van der Waals surface area contributed by atoms with Crippen molar-refractivity contribution in [2.45, 2.75) is 6.42 Å². The lowest BCUT2D eigenvalue weighted by molar-refractivity contribution is 0.0989. The Bertz CT molecular complexity index is 816. The number of phenolic OH excluding ortho intramolecular Hbond substituents is 1. The predicted octanol–water partition coefficient (Wildman–Crippen LogP) is 2.83. The van der Waals surface area contributed by atoms with Gasteiger partial charge in [-0.2, -0.15) is 0 Å². The van der Waals surface area contributed by atoms with Crippen molar-refractivity contribution in [3.8, 4) is 17.2 Å².